The van der Waals surface area contributed by atoms with Crippen molar-refractivity contribution in [1.29, 1.82) is 0 Å². The largest absolute Gasteiger partial charge is 0.467 e. The maximum atomic E-state index is 11.0. The van der Waals surface area contributed by atoms with Crippen LogP contribution in [-0.2, 0) is 9.53 Å². The van der Waals surface area contributed by atoms with Crippen LogP contribution in [0.4, 0.5) is 0 Å². The van der Waals surface area contributed by atoms with Crippen molar-refractivity contribution in [2.24, 2.45) is 0 Å². The molecule has 0 bridgehead atoms. The van der Waals surface area contributed by atoms with Gasteiger partial charge in [0.1, 0.15) is 12.4 Å². The third-order valence-electron chi connectivity index (χ3n) is 1.99. The molecule has 6 heteroatoms. The van der Waals surface area contributed by atoms with Crippen LogP contribution in [0.2, 0.25) is 0 Å². The van der Waals surface area contributed by atoms with Gasteiger partial charge < -0.3 is 14.9 Å². The molecule has 0 aliphatic rings. The fraction of sp³-hybridized carbons (Fsp3) is 0.300. The second-order valence-electron chi connectivity index (χ2n) is 3.04. The Bertz CT molecular complexity index is 393. The van der Waals surface area contributed by atoms with Gasteiger partial charge in [-0.05, 0) is 12.1 Å². The quantitative estimate of drug-likeness (QED) is 0.527. The Balaban J connectivity index is 2.90. The van der Waals surface area contributed by atoms with E-state index in [0.717, 1.165) is 7.11 Å². The molecule has 0 aliphatic carbocycles. The van der Waals surface area contributed by atoms with E-state index < -0.39 is 18.2 Å². The normalized spacial score (nSPS) is 13.9. The van der Waals surface area contributed by atoms with Crippen LogP contribution in [0.15, 0.2) is 18.3 Å². The Hall–Kier alpha value is -1.79. The van der Waals surface area contributed by atoms with Gasteiger partial charge >= 0.3 is 5.97 Å². The Morgan fingerprint density at radius 2 is 2.25 bits per heavy atom. The molecule has 0 saturated carbocycles. The van der Waals surface area contributed by atoms with E-state index in [2.05, 4.69) is 9.72 Å². The van der Waals surface area contributed by atoms with Gasteiger partial charge in [-0.25, -0.2) is 4.79 Å². The number of methoxy groups -OCH3 is 1. The molecule has 6 nitrogen and oxygen atoms in total. The van der Waals surface area contributed by atoms with Gasteiger partial charge in [0.25, 0.3) is 0 Å². The number of hydrogen-bond acceptors (Lipinski definition) is 6. The number of aromatic nitrogens is 1. The summed E-state index contributed by atoms with van der Waals surface area (Å²) < 4.78 is 4.26. The van der Waals surface area contributed by atoms with Gasteiger partial charge in [-0.15, -0.1) is 0 Å². The lowest BCUT2D eigenvalue weighted by molar-refractivity contribution is -0.157. The van der Waals surface area contributed by atoms with Gasteiger partial charge in [0.05, 0.1) is 12.8 Å². The summed E-state index contributed by atoms with van der Waals surface area (Å²) in [4.78, 5) is 25.2. The number of pyridine rings is 1. The Morgan fingerprint density at radius 3 is 2.81 bits per heavy atom. The molecule has 2 N–H and O–H groups in total. The molecule has 0 amide bonds. The molecule has 2 unspecified atom stereocenters. The van der Waals surface area contributed by atoms with E-state index in [1.54, 1.807) is 0 Å². The molecule has 1 rings (SSSR count). The molecule has 0 aliphatic heterocycles. The first-order valence-electron chi connectivity index (χ1n) is 4.45. The highest BCUT2D eigenvalue weighted by Crippen LogP contribution is 2.15. The van der Waals surface area contributed by atoms with Crippen molar-refractivity contribution < 1.29 is 24.5 Å². The smallest absolute Gasteiger partial charge is 0.337 e. The molecule has 0 aromatic carbocycles. The highest BCUT2D eigenvalue weighted by atomic mass is 16.5. The van der Waals surface area contributed by atoms with Crippen LogP contribution in [0.1, 0.15) is 22.2 Å². The number of carbonyl (C=O) groups excluding carboxylic acids is 2. The van der Waals surface area contributed by atoms with E-state index in [1.165, 1.54) is 18.3 Å². The molecule has 0 fully saturated rings. The molecule has 16 heavy (non-hydrogen) atoms. The van der Waals surface area contributed by atoms with Gasteiger partial charge in [0.2, 0.25) is 0 Å². The summed E-state index contributed by atoms with van der Waals surface area (Å²) in [7, 11) is 1.09. The minimum atomic E-state index is -1.72. The summed E-state index contributed by atoms with van der Waals surface area (Å²) in [5.41, 5.74) is 0.323. The zero-order valence-corrected chi connectivity index (χ0v) is 8.53. The summed E-state index contributed by atoms with van der Waals surface area (Å²) in [6, 6.07) is 2.72. The molecule has 1 heterocycles. The van der Waals surface area contributed by atoms with E-state index in [4.69, 9.17) is 0 Å². The third-order valence-corrected chi connectivity index (χ3v) is 1.99. The van der Waals surface area contributed by atoms with Crippen LogP contribution >= 0.6 is 0 Å². The standard InChI is InChI=1S/C10H11NO5/c1-16-10(15)9(14)8(13)7-4-6(5-12)2-3-11-7/h2-5,8-9,13-14H,1H3. The summed E-state index contributed by atoms with van der Waals surface area (Å²) in [5.74, 6) is -0.967. The molecule has 2 atom stereocenters. The third kappa shape index (κ3) is 2.62. The maximum Gasteiger partial charge on any atom is 0.337 e. The molecule has 0 radical (unpaired) electrons. The molecule has 1 aromatic heterocycles. The number of nitrogens with zero attached hydrogens (tertiary/aromatic N) is 1. The predicted molar refractivity (Wildman–Crippen MR) is 52.6 cm³/mol. The van der Waals surface area contributed by atoms with Crippen LogP contribution < -0.4 is 0 Å². The van der Waals surface area contributed by atoms with Crippen molar-refractivity contribution in [2.75, 3.05) is 7.11 Å². The van der Waals surface area contributed by atoms with Crippen molar-refractivity contribution >= 4 is 12.3 Å². The fourth-order valence-corrected chi connectivity index (χ4v) is 1.11. The summed E-state index contributed by atoms with van der Waals surface area (Å²) >= 11 is 0. The molecule has 1 aromatic rings. The summed E-state index contributed by atoms with van der Waals surface area (Å²) in [5, 5.41) is 18.9. The SMILES string of the molecule is COC(=O)C(O)C(O)c1cc(C=O)ccn1. The van der Waals surface area contributed by atoms with Gasteiger partial charge in [-0.2, -0.15) is 0 Å². The lowest BCUT2D eigenvalue weighted by atomic mass is 10.1. The minimum Gasteiger partial charge on any atom is -0.467 e. The zero-order chi connectivity index (χ0) is 12.1. The molecular formula is C10H11NO5. The number of rotatable bonds is 4. The minimum absolute atomic E-state index is 0.0301. The number of hydrogen-bond donors (Lipinski definition) is 2. The van der Waals surface area contributed by atoms with Crippen molar-refractivity contribution in [3.8, 4) is 0 Å². The second kappa shape index (κ2) is 5.34. The van der Waals surface area contributed by atoms with E-state index in [-0.39, 0.29) is 5.69 Å². The van der Waals surface area contributed by atoms with Crippen molar-refractivity contribution in [2.45, 2.75) is 12.2 Å². The maximum absolute atomic E-state index is 11.0. The van der Waals surface area contributed by atoms with E-state index in [1.807, 2.05) is 0 Å². The predicted octanol–water partition coefficient (Wildman–Crippen LogP) is -0.539. The monoisotopic (exact) mass is 225 g/mol. The highest BCUT2D eigenvalue weighted by Gasteiger charge is 2.27. The lowest BCUT2D eigenvalue weighted by Crippen LogP contribution is -2.29. The Kier molecular flexibility index (Phi) is 4.10. The van der Waals surface area contributed by atoms with Gasteiger partial charge in [0.15, 0.2) is 6.10 Å². The Labute approximate surface area is 91.5 Å². The van der Waals surface area contributed by atoms with Crippen molar-refractivity contribution in [3.05, 3.63) is 29.6 Å². The van der Waals surface area contributed by atoms with Gasteiger partial charge in [-0.1, -0.05) is 0 Å². The molecular weight excluding hydrogens is 214 g/mol. The average Bonchev–Trinajstić information content (AvgIpc) is 2.36. The van der Waals surface area contributed by atoms with Crippen LogP contribution in [0.25, 0.3) is 0 Å². The number of aldehydes is 1. The first kappa shape index (κ1) is 12.3. The molecule has 86 valence electrons. The second-order valence-corrected chi connectivity index (χ2v) is 3.04. The summed E-state index contributed by atoms with van der Waals surface area (Å²) in [6.45, 7) is 0. The van der Waals surface area contributed by atoms with Gasteiger partial charge in [0, 0.05) is 11.8 Å². The number of aliphatic hydroxyl groups excluding tert-OH is 2. The number of aliphatic hydroxyl groups is 2. The molecule has 0 saturated heterocycles. The van der Waals surface area contributed by atoms with Crippen LogP contribution in [-0.4, -0.2) is 40.7 Å². The number of esters is 1. The zero-order valence-electron chi connectivity index (χ0n) is 8.53. The first-order chi connectivity index (χ1) is 7.60. The summed E-state index contributed by atoms with van der Waals surface area (Å²) in [6.07, 6.45) is -1.37. The van der Waals surface area contributed by atoms with E-state index >= 15 is 0 Å². The number of carbonyl (C=O) groups is 2. The van der Waals surface area contributed by atoms with E-state index in [0.29, 0.717) is 11.8 Å². The number of ether oxygens (including phenoxy) is 1. The van der Waals surface area contributed by atoms with Crippen LogP contribution in [0, 0.1) is 0 Å². The van der Waals surface area contributed by atoms with Crippen molar-refractivity contribution in [1.82, 2.24) is 4.98 Å². The topological polar surface area (TPSA) is 96.7 Å². The van der Waals surface area contributed by atoms with Crippen LogP contribution in [0.3, 0.4) is 0 Å². The Morgan fingerprint density at radius 1 is 1.56 bits per heavy atom. The van der Waals surface area contributed by atoms with Gasteiger partial charge in [-0.3, -0.25) is 9.78 Å². The molecule has 0 spiro atoms. The fourth-order valence-electron chi connectivity index (χ4n) is 1.11. The lowest BCUT2D eigenvalue weighted by Gasteiger charge is -2.14. The van der Waals surface area contributed by atoms with Crippen LogP contribution in [0.5, 0.6) is 0 Å². The first-order valence-corrected chi connectivity index (χ1v) is 4.45. The van der Waals surface area contributed by atoms with Crippen molar-refractivity contribution in [3.63, 3.8) is 0 Å². The average molecular weight is 225 g/mol. The van der Waals surface area contributed by atoms with E-state index in [9.17, 15) is 19.8 Å². The highest BCUT2D eigenvalue weighted by molar-refractivity contribution is 5.76.